The minimum absolute atomic E-state index is 0.0157. The minimum atomic E-state index is -0.373. The van der Waals surface area contributed by atoms with Gasteiger partial charge in [-0.05, 0) is 38.3 Å². The Kier molecular flexibility index (Phi) is 4.39. The van der Waals surface area contributed by atoms with Crippen LogP contribution in [0.5, 0.6) is 0 Å². The standard InChI is InChI=1S/C18H24N2O3/c1-11-4-5-12(2)14(8-11)16-9-20(13(3)10-23-16)18(22)15-6-7-17(21)19-15/h4-5,8,13,15-16H,6-7,9-10H2,1-3H3,(H,19,21)/t13?,15-,16?/m1/s1. The number of benzene rings is 1. The van der Waals surface area contributed by atoms with Crippen LogP contribution in [0.3, 0.4) is 0 Å². The van der Waals surface area contributed by atoms with Gasteiger partial charge < -0.3 is 15.0 Å². The van der Waals surface area contributed by atoms with Crippen LogP contribution >= 0.6 is 0 Å². The van der Waals surface area contributed by atoms with Crippen molar-refractivity contribution in [1.82, 2.24) is 10.2 Å². The number of nitrogens with zero attached hydrogens (tertiary/aromatic N) is 1. The number of carbonyl (C=O) groups excluding carboxylic acids is 2. The normalized spacial score (nSPS) is 27.9. The summed E-state index contributed by atoms with van der Waals surface area (Å²) in [5.74, 6) is -0.0164. The fourth-order valence-corrected chi connectivity index (χ4v) is 3.36. The van der Waals surface area contributed by atoms with Gasteiger partial charge in [-0.3, -0.25) is 9.59 Å². The SMILES string of the molecule is Cc1ccc(C)c(C2CN(C(=O)[C@H]3CCC(=O)N3)C(C)CO2)c1. The lowest BCUT2D eigenvalue weighted by molar-refractivity contribution is -0.147. The Bertz CT molecular complexity index is 629. The van der Waals surface area contributed by atoms with E-state index in [1.165, 1.54) is 11.1 Å². The second-order valence-corrected chi connectivity index (χ2v) is 6.68. The highest BCUT2D eigenvalue weighted by Gasteiger charge is 2.37. The molecule has 0 saturated carbocycles. The van der Waals surface area contributed by atoms with Crippen molar-refractivity contribution in [1.29, 1.82) is 0 Å². The fourth-order valence-electron chi connectivity index (χ4n) is 3.36. The largest absolute Gasteiger partial charge is 0.370 e. The van der Waals surface area contributed by atoms with Crippen molar-refractivity contribution in [2.24, 2.45) is 0 Å². The highest BCUT2D eigenvalue weighted by molar-refractivity contribution is 5.91. The summed E-state index contributed by atoms with van der Waals surface area (Å²) < 4.78 is 6.00. The molecule has 5 heteroatoms. The zero-order valence-corrected chi connectivity index (χ0v) is 14.0. The molecule has 3 rings (SSSR count). The number of nitrogens with one attached hydrogen (secondary N) is 1. The molecule has 2 aliphatic heterocycles. The summed E-state index contributed by atoms with van der Waals surface area (Å²) in [6, 6.07) is 5.97. The molecule has 2 fully saturated rings. The zero-order chi connectivity index (χ0) is 16.6. The summed E-state index contributed by atoms with van der Waals surface area (Å²) in [6.45, 7) is 7.18. The molecule has 2 aliphatic rings. The van der Waals surface area contributed by atoms with Gasteiger partial charge in [0.25, 0.3) is 0 Å². The van der Waals surface area contributed by atoms with Crippen molar-refractivity contribution < 1.29 is 14.3 Å². The number of morpholine rings is 1. The van der Waals surface area contributed by atoms with Crippen molar-refractivity contribution >= 4 is 11.8 Å². The lowest BCUT2D eigenvalue weighted by Crippen LogP contribution is -2.53. The maximum atomic E-state index is 12.7. The molecule has 0 radical (unpaired) electrons. The first-order valence-electron chi connectivity index (χ1n) is 8.24. The molecule has 2 unspecified atom stereocenters. The predicted molar refractivity (Wildman–Crippen MR) is 86.9 cm³/mol. The number of hydrogen-bond acceptors (Lipinski definition) is 3. The first-order chi connectivity index (χ1) is 11.0. The Morgan fingerprint density at radius 2 is 2.13 bits per heavy atom. The Morgan fingerprint density at radius 3 is 2.83 bits per heavy atom. The number of aryl methyl sites for hydroxylation is 2. The van der Waals surface area contributed by atoms with E-state index in [9.17, 15) is 9.59 Å². The van der Waals surface area contributed by atoms with Crippen molar-refractivity contribution in [2.75, 3.05) is 13.2 Å². The minimum Gasteiger partial charge on any atom is -0.370 e. The van der Waals surface area contributed by atoms with Crippen LogP contribution in [0.2, 0.25) is 0 Å². The van der Waals surface area contributed by atoms with Gasteiger partial charge in [0.2, 0.25) is 11.8 Å². The predicted octanol–water partition coefficient (Wildman–Crippen LogP) is 1.87. The van der Waals surface area contributed by atoms with E-state index in [-0.39, 0.29) is 30.0 Å². The number of carbonyl (C=O) groups is 2. The molecule has 2 heterocycles. The van der Waals surface area contributed by atoms with Crippen molar-refractivity contribution in [3.63, 3.8) is 0 Å². The Balaban J connectivity index is 1.77. The highest BCUT2D eigenvalue weighted by Crippen LogP contribution is 2.29. The van der Waals surface area contributed by atoms with Gasteiger partial charge in [-0.2, -0.15) is 0 Å². The van der Waals surface area contributed by atoms with Crippen molar-refractivity contribution in [3.05, 3.63) is 34.9 Å². The maximum Gasteiger partial charge on any atom is 0.245 e. The Labute approximate surface area is 137 Å². The average molecular weight is 316 g/mol. The molecule has 3 atom stereocenters. The molecule has 2 amide bonds. The first-order valence-corrected chi connectivity index (χ1v) is 8.24. The van der Waals surface area contributed by atoms with Gasteiger partial charge in [0.05, 0.1) is 19.2 Å². The lowest BCUT2D eigenvalue weighted by atomic mass is 9.98. The lowest BCUT2D eigenvalue weighted by Gasteiger charge is -2.39. The number of ether oxygens (including phenoxy) is 1. The summed E-state index contributed by atoms with van der Waals surface area (Å²) in [6.07, 6.45) is 0.929. The number of hydrogen-bond donors (Lipinski definition) is 1. The van der Waals surface area contributed by atoms with Crippen molar-refractivity contribution in [3.8, 4) is 0 Å². The number of rotatable bonds is 2. The van der Waals surface area contributed by atoms with Gasteiger partial charge >= 0.3 is 0 Å². The van der Waals surface area contributed by atoms with Crippen LogP contribution in [-0.4, -0.2) is 41.9 Å². The second-order valence-electron chi connectivity index (χ2n) is 6.68. The molecule has 1 N–H and O–H groups in total. The fraction of sp³-hybridized carbons (Fsp3) is 0.556. The van der Waals surface area contributed by atoms with Gasteiger partial charge in [0.1, 0.15) is 12.1 Å². The first kappa shape index (κ1) is 16.0. The van der Waals surface area contributed by atoms with Crippen LogP contribution in [0.15, 0.2) is 18.2 Å². The quantitative estimate of drug-likeness (QED) is 0.906. The molecule has 0 aliphatic carbocycles. The molecule has 5 nitrogen and oxygen atoms in total. The smallest absolute Gasteiger partial charge is 0.245 e. The van der Waals surface area contributed by atoms with Gasteiger partial charge in [0.15, 0.2) is 0 Å². The monoisotopic (exact) mass is 316 g/mol. The molecule has 0 bridgehead atoms. The Morgan fingerprint density at radius 1 is 1.35 bits per heavy atom. The topological polar surface area (TPSA) is 58.6 Å². The summed E-state index contributed by atoms with van der Waals surface area (Å²) in [7, 11) is 0. The molecule has 23 heavy (non-hydrogen) atoms. The van der Waals surface area contributed by atoms with Gasteiger partial charge in [0, 0.05) is 6.42 Å². The van der Waals surface area contributed by atoms with E-state index in [1.807, 2.05) is 11.8 Å². The van der Waals surface area contributed by atoms with E-state index < -0.39 is 0 Å². The van der Waals surface area contributed by atoms with E-state index in [0.29, 0.717) is 26.0 Å². The van der Waals surface area contributed by atoms with Gasteiger partial charge in [-0.15, -0.1) is 0 Å². The summed E-state index contributed by atoms with van der Waals surface area (Å²) in [5.41, 5.74) is 3.51. The van der Waals surface area contributed by atoms with E-state index in [2.05, 4.69) is 37.4 Å². The van der Waals surface area contributed by atoms with E-state index in [4.69, 9.17) is 4.74 Å². The third-order valence-electron chi connectivity index (χ3n) is 4.79. The van der Waals surface area contributed by atoms with E-state index in [1.54, 1.807) is 0 Å². The van der Waals surface area contributed by atoms with Crippen LogP contribution in [0, 0.1) is 13.8 Å². The molecular weight excluding hydrogens is 292 g/mol. The Hall–Kier alpha value is -1.88. The summed E-state index contributed by atoms with van der Waals surface area (Å²) in [4.78, 5) is 26.0. The zero-order valence-electron chi connectivity index (χ0n) is 14.0. The van der Waals surface area contributed by atoms with E-state index in [0.717, 1.165) is 5.56 Å². The third-order valence-corrected chi connectivity index (χ3v) is 4.79. The molecule has 0 spiro atoms. The van der Waals surface area contributed by atoms with Crippen LogP contribution in [0.25, 0.3) is 0 Å². The maximum absolute atomic E-state index is 12.7. The molecule has 0 aromatic heterocycles. The van der Waals surface area contributed by atoms with Gasteiger partial charge in [-0.1, -0.05) is 23.8 Å². The van der Waals surface area contributed by atoms with Crippen LogP contribution in [-0.2, 0) is 14.3 Å². The number of amides is 2. The third kappa shape index (κ3) is 3.24. The molecular formula is C18H24N2O3. The summed E-state index contributed by atoms with van der Waals surface area (Å²) >= 11 is 0. The summed E-state index contributed by atoms with van der Waals surface area (Å²) in [5, 5.41) is 2.78. The van der Waals surface area contributed by atoms with Gasteiger partial charge in [-0.25, -0.2) is 0 Å². The van der Waals surface area contributed by atoms with Crippen LogP contribution in [0.4, 0.5) is 0 Å². The molecule has 2 saturated heterocycles. The highest BCUT2D eigenvalue weighted by atomic mass is 16.5. The van der Waals surface area contributed by atoms with Crippen LogP contribution in [0.1, 0.15) is 42.6 Å². The molecule has 1 aromatic carbocycles. The average Bonchev–Trinajstić information content (AvgIpc) is 2.96. The molecule has 124 valence electrons. The van der Waals surface area contributed by atoms with Crippen LogP contribution < -0.4 is 5.32 Å². The molecule has 1 aromatic rings. The van der Waals surface area contributed by atoms with Crippen molar-refractivity contribution in [2.45, 2.75) is 51.8 Å². The second kappa shape index (κ2) is 6.32. The van der Waals surface area contributed by atoms with E-state index >= 15 is 0 Å².